The maximum absolute atomic E-state index is 13.3. The van der Waals surface area contributed by atoms with E-state index in [0.717, 1.165) is 23.9 Å². The number of nitro benzene ring substituents is 3. The zero-order valence-corrected chi connectivity index (χ0v) is 19.7. The normalized spacial score (nSPS) is 11.1. The molecule has 0 saturated carbocycles. The SMILES string of the molecule is O=[N+]([O-])c1ccc(Sc2nc3cc([N+](=O)[O-])ccc3n2Cc2cc(-c3ccc(F)cc3)no2)c([N+](=O)[O-])c1. The van der Waals surface area contributed by atoms with E-state index in [0.29, 0.717) is 22.5 Å². The molecule has 0 aliphatic heterocycles. The molecule has 0 N–H and O–H groups in total. The van der Waals surface area contributed by atoms with E-state index in [9.17, 15) is 34.7 Å². The van der Waals surface area contributed by atoms with Gasteiger partial charge in [-0.25, -0.2) is 9.37 Å². The Morgan fingerprint density at radius 2 is 1.55 bits per heavy atom. The first-order chi connectivity index (χ1) is 18.2. The van der Waals surface area contributed by atoms with E-state index in [1.54, 1.807) is 10.6 Å². The first-order valence-corrected chi connectivity index (χ1v) is 11.5. The summed E-state index contributed by atoms with van der Waals surface area (Å²) in [6.45, 7) is 0.0472. The second-order valence-electron chi connectivity index (χ2n) is 7.86. The average molecular weight is 536 g/mol. The van der Waals surface area contributed by atoms with Gasteiger partial charge < -0.3 is 9.09 Å². The molecule has 2 aromatic heterocycles. The van der Waals surface area contributed by atoms with Crippen molar-refractivity contribution >= 4 is 39.9 Å². The van der Waals surface area contributed by atoms with Gasteiger partial charge in [-0.05, 0) is 48.2 Å². The minimum Gasteiger partial charge on any atom is -0.359 e. The van der Waals surface area contributed by atoms with Crippen molar-refractivity contribution < 1.29 is 23.7 Å². The molecule has 2 heterocycles. The van der Waals surface area contributed by atoms with Gasteiger partial charge >= 0.3 is 0 Å². The first kappa shape index (κ1) is 24.5. The van der Waals surface area contributed by atoms with Crippen LogP contribution in [0.25, 0.3) is 22.3 Å². The van der Waals surface area contributed by atoms with Crippen molar-refractivity contribution in [1.82, 2.24) is 14.7 Å². The molecular formula is C23H13FN6O7S. The predicted octanol–water partition coefficient (Wildman–Crippen LogP) is 5.75. The minimum absolute atomic E-state index is 0.0472. The van der Waals surface area contributed by atoms with Gasteiger partial charge in [-0.1, -0.05) is 5.16 Å². The maximum atomic E-state index is 13.3. The number of nitro groups is 3. The second-order valence-corrected chi connectivity index (χ2v) is 8.87. The van der Waals surface area contributed by atoms with Crippen LogP contribution in [0, 0.1) is 36.2 Å². The Kier molecular flexibility index (Phi) is 6.26. The lowest BCUT2D eigenvalue weighted by molar-refractivity contribution is -0.396. The van der Waals surface area contributed by atoms with Crippen molar-refractivity contribution in [1.29, 1.82) is 0 Å². The van der Waals surface area contributed by atoms with E-state index in [2.05, 4.69) is 10.1 Å². The number of fused-ring (bicyclic) bond motifs is 1. The Balaban J connectivity index is 1.57. The van der Waals surface area contributed by atoms with Gasteiger partial charge in [0.05, 0.1) is 43.3 Å². The van der Waals surface area contributed by atoms with Crippen molar-refractivity contribution in [3.8, 4) is 11.3 Å². The summed E-state index contributed by atoms with van der Waals surface area (Å²) in [5.74, 6) is -0.0412. The van der Waals surface area contributed by atoms with E-state index in [4.69, 9.17) is 4.52 Å². The van der Waals surface area contributed by atoms with Crippen LogP contribution in [0.4, 0.5) is 21.5 Å². The molecule has 5 rings (SSSR count). The topological polar surface area (TPSA) is 173 Å². The van der Waals surface area contributed by atoms with Crippen LogP contribution in [0.5, 0.6) is 0 Å². The summed E-state index contributed by atoms with van der Waals surface area (Å²) >= 11 is 0.868. The molecule has 0 atom stereocenters. The van der Waals surface area contributed by atoms with E-state index in [-0.39, 0.29) is 27.8 Å². The Hall–Kier alpha value is -5.18. The van der Waals surface area contributed by atoms with Crippen LogP contribution in [-0.2, 0) is 6.54 Å². The summed E-state index contributed by atoms with van der Waals surface area (Å²) in [5.41, 5.74) is 0.654. The summed E-state index contributed by atoms with van der Waals surface area (Å²) in [6, 6.07) is 14.6. The maximum Gasteiger partial charge on any atom is 0.290 e. The fourth-order valence-electron chi connectivity index (χ4n) is 3.69. The van der Waals surface area contributed by atoms with Gasteiger partial charge in [0.1, 0.15) is 11.5 Å². The van der Waals surface area contributed by atoms with Crippen molar-refractivity contribution in [3.05, 3.63) is 109 Å². The Morgan fingerprint density at radius 1 is 0.868 bits per heavy atom. The van der Waals surface area contributed by atoms with Gasteiger partial charge in [0.25, 0.3) is 17.1 Å². The molecule has 0 saturated heterocycles. The highest BCUT2D eigenvalue weighted by atomic mass is 32.2. The number of aromatic nitrogens is 3. The summed E-state index contributed by atoms with van der Waals surface area (Å²) in [5, 5.41) is 38.2. The van der Waals surface area contributed by atoms with Crippen LogP contribution in [0.3, 0.4) is 0 Å². The number of halogens is 1. The van der Waals surface area contributed by atoms with Gasteiger partial charge in [-0.2, -0.15) is 0 Å². The molecule has 3 aromatic carbocycles. The van der Waals surface area contributed by atoms with Gasteiger partial charge in [0.2, 0.25) is 0 Å². The van der Waals surface area contributed by atoms with Gasteiger partial charge in [0, 0.05) is 29.8 Å². The summed E-state index contributed by atoms with van der Waals surface area (Å²) < 4.78 is 20.4. The molecule has 0 amide bonds. The average Bonchev–Trinajstić information content (AvgIpc) is 3.49. The lowest BCUT2D eigenvalue weighted by Gasteiger charge is -2.07. The van der Waals surface area contributed by atoms with Crippen LogP contribution in [-0.4, -0.2) is 29.5 Å². The van der Waals surface area contributed by atoms with E-state index < -0.39 is 32.0 Å². The number of non-ortho nitro benzene ring substituents is 2. The lowest BCUT2D eigenvalue weighted by atomic mass is 10.1. The van der Waals surface area contributed by atoms with E-state index >= 15 is 0 Å². The fourth-order valence-corrected chi connectivity index (χ4v) is 4.67. The third-order valence-electron chi connectivity index (χ3n) is 5.47. The number of benzene rings is 3. The Bertz CT molecular complexity index is 1730. The standard InChI is InChI=1S/C23H13FN6O7S/c24-14-3-1-13(2-4-14)18-11-17(37-26-18)12-27-20-7-5-15(28(31)32)9-19(20)25-23(27)38-22-8-6-16(29(33)34)10-21(22)30(35)36/h1-11H,12H2. The zero-order chi connectivity index (χ0) is 27.0. The van der Waals surface area contributed by atoms with Crippen molar-refractivity contribution in [2.45, 2.75) is 16.6 Å². The number of hydrogen-bond acceptors (Lipinski definition) is 10. The van der Waals surface area contributed by atoms with Gasteiger partial charge in [0.15, 0.2) is 10.9 Å². The molecule has 0 aliphatic carbocycles. The number of hydrogen-bond donors (Lipinski definition) is 0. The highest BCUT2D eigenvalue weighted by Gasteiger charge is 2.24. The monoisotopic (exact) mass is 536 g/mol. The summed E-state index contributed by atoms with van der Waals surface area (Å²) in [4.78, 5) is 36.5. The number of rotatable bonds is 8. The van der Waals surface area contributed by atoms with Gasteiger partial charge in [-0.3, -0.25) is 30.3 Å². The van der Waals surface area contributed by atoms with Crippen molar-refractivity contribution in [3.63, 3.8) is 0 Å². The molecule has 13 nitrogen and oxygen atoms in total. The van der Waals surface area contributed by atoms with Crippen LogP contribution in [0.1, 0.15) is 5.76 Å². The molecule has 15 heteroatoms. The second kappa shape index (κ2) is 9.70. The zero-order valence-electron chi connectivity index (χ0n) is 18.9. The fraction of sp³-hybridized carbons (Fsp3) is 0.0435. The van der Waals surface area contributed by atoms with Crippen LogP contribution in [0.2, 0.25) is 0 Å². The molecular weight excluding hydrogens is 523 g/mol. The van der Waals surface area contributed by atoms with Crippen LogP contribution in [0.15, 0.2) is 81.3 Å². The molecule has 0 bridgehead atoms. The molecule has 190 valence electrons. The minimum atomic E-state index is -0.738. The predicted molar refractivity (Wildman–Crippen MR) is 131 cm³/mol. The molecule has 38 heavy (non-hydrogen) atoms. The molecule has 0 aliphatic rings. The molecule has 0 spiro atoms. The molecule has 0 fully saturated rings. The molecule has 0 unspecified atom stereocenters. The van der Waals surface area contributed by atoms with Crippen LogP contribution < -0.4 is 0 Å². The lowest BCUT2D eigenvalue weighted by Crippen LogP contribution is -2.01. The van der Waals surface area contributed by atoms with Crippen molar-refractivity contribution in [2.75, 3.05) is 0 Å². The van der Waals surface area contributed by atoms with Gasteiger partial charge in [-0.15, -0.1) is 0 Å². The van der Waals surface area contributed by atoms with E-state index in [1.807, 2.05) is 0 Å². The largest absolute Gasteiger partial charge is 0.359 e. The van der Waals surface area contributed by atoms with E-state index in [1.165, 1.54) is 48.5 Å². The third kappa shape index (κ3) is 4.77. The molecule has 5 aromatic rings. The first-order valence-electron chi connectivity index (χ1n) is 10.7. The summed E-state index contributed by atoms with van der Waals surface area (Å²) in [6.07, 6.45) is 0. The Morgan fingerprint density at radius 3 is 2.24 bits per heavy atom. The quantitative estimate of drug-likeness (QED) is 0.175. The summed E-state index contributed by atoms with van der Waals surface area (Å²) in [7, 11) is 0. The number of imidazole rings is 1. The third-order valence-corrected chi connectivity index (χ3v) is 6.53. The Labute approximate surface area is 215 Å². The molecule has 0 radical (unpaired) electrons. The van der Waals surface area contributed by atoms with Crippen molar-refractivity contribution in [2.24, 2.45) is 0 Å². The number of nitrogens with zero attached hydrogens (tertiary/aromatic N) is 6. The highest BCUT2D eigenvalue weighted by Crippen LogP contribution is 2.38. The highest BCUT2D eigenvalue weighted by molar-refractivity contribution is 7.99. The smallest absolute Gasteiger partial charge is 0.290 e. The van der Waals surface area contributed by atoms with Crippen LogP contribution >= 0.6 is 11.8 Å².